The van der Waals surface area contributed by atoms with E-state index in [1.54, 1.807) is 18.9 Å². The average molecular weight is 302 g/mol. The van der Waals surface area contributed by atoms with Gasteiger partial charge in [-0.15, -0.1) is 0 Å². The van der Waals surface area contributed by atoms with Crippen LogP contribution in [0.4, 0.5) is 4.79 Å². The van der Waals surface area contributed by atoms with E-state index in [4.69, 9.17) is 14.6 Å². The second kappa shape index (κ2) is 8.46. The lowest BCUT2D eigenvalue weighted by molar-refractivity contribution is -0.145. The minimum atomic E-state index is -0.998. The van der Waals surface area contributed by atoms with Gasteiger partial charge in [0.15, 0.2) is 0 Å². The highest BCUT2D eigenvalue weighted by Crippen LogP contribution is 2.15. The third-order valence-corrected chi connectivity index (χ3v) is 3.15. The van der Waals surface area contributed by atoms with Crippen LogP contribution in [0.25, 0.3) is 0 Å². The molecule has 0 atom stereocenters. The first-order valence-electron chi connectivity index (χ1n) is 6.93. The average Bonchev–Trinajstić information content (AvgIpc) is 2.45. The molecule has 1 heterocycles. The lowest BCUT2D eigenvalue weighted by Gasteiger charge is -2.34. The molecule has 0 radical (unpaired) electrons. The van der Waals surface area contributed by atoms with Crippen LogP contribution in [0.3, 0.4) is 0 Å². The summed E-state index contributed by atoms with van der Waals surface area (Å²) in [5.74, 6) is -1.43. The van der Waals surface area contributed by atoms with E-state index in [1.165, 1.54) is 4.90 Å². The maximum atomic E-state index is 12.1. The molecule has 2 amide bonds. The molecule has 120 valence electrons. The van der Waals surface area contributed by atoms with Crippen LogP contribution < -0.4 is 0 Å². The van der Waals surface area contributed by atoms with Crippen molar-refractivity contribution >= 4 is 18.0 Å². The van der Waals surface area contributed by atoms with Crippen LogP contribution in [-0.4, -0.2) is 78.9 Å². The summed E-state index contributed by atoms with van der Waals surface area (Å²) in [6.45, 7) is 2.56. The number of nitrogens with zero attached hydrogens (tertiary/aromatic N) is 2. The Kier molecular flexibility index (Phi) is 6.93. The monoisotopic (exact) mass is 302 g/mol. The molecule has 0 unspecified atom stereocenters. The molecule has 1 fully saturated rings. The van der Waals surface area contributed by atoms with Gasteiger partial charge in [-0.25, -0.2) is 9.59 Å². The highest BCUT2D eigenvalue weighted by Gasteiger charge is 2.26. The highest BCUT2D eigenvalue weighted by atomic mass is 16.5. The lowest BCUT2D eigenvalue weighted by atomic mass is 10.1. The van der Waals surface area contributed by atoms with Gasteiger partial charge >= 0.3 is 18.0 Å². The summed E-state index contributed by atoms with van der Waals surface area (Å²) in [6.07, 6.45) is 1.04. The second-order valence-corrected chi connectivity index (χ2v) is 4.83. The van der Waals surface area contributed by atoms with Crippen LogP contribution >= 0.6 is 0 Å². The highest BCUT2D eigenvalue weighted by molar-refractivity contribution is 5.80. The van der Waals surface area contributed by atoms with Gasteiger partial charge in [-0.1, -0.05) is 0 Å². The van der Waals surface area contributed by atoms with Gasteiger partial charge in [0, 0.05) is 20.1 Å². The molecule has 0 aliphatic carbocycles. The minimum Gasteiger partial charge on any atom is -0.480 e. The van der Waals surface area contributed by atoms with Crippen LogP contribution in [0.15, 0.2) is 0 Å². The first kappa shape index (κ1) is 17.2. The SMILES string of the molecule is CCOC(=O)CN(C)C(=O)N1CCC(OCC(=O)O)CC1. The van der Waals surface area contributed by atoms with Crippen molar-refractivity contribution in [1.82, 2.24) is 9.80 Å². The van der Waals surface area contributed by atoms with E-state index in [1.807, 2.05) is 0 Å². The Bertz CT molecular complexity index is 379. The molecule has 1 N–H and O–H groups in total. The number of likely N-dealkylation sites (N-methyl/N-ethyl adjacent to an activating group) is 1. The molecular weight excluding hydrogens is 280 g/mol. The van der Waals surface area contributed by atoms with E-state index in [0.717, 1.165) is 0 Å². The van der Waals surface area contributed by atoms with Crippen molar-refractivity contribution in [3.8, 4) is 0 Å². The molecule has 0 aromatic rings. The van der Waals surface area contributed by atoms with Gasteiger partial charge in [0.1, 0.15) is 13.2 Å². The molecule has 0 spiro atoms. The van der Waals surface area contributed by atoms with Crippen LogP contribution in [0, 0.1) is 0 Å². The third-order valence-electron chi connectivity index (χ3n) is 3.15. The fourth-order valence-corrected chi connectivity index (χ4v) is 2.11. The van der Waals surface area contributed by atoms with E-state index >= 15 is 0 Å². The van der Waals surface area contributed by atoms with Crippen molar-refractivity contribution in [2.75, 3.05) is 39.9 Å². The van der Waals surface area contributed by atoms with E-state index in [2.05, 4.69) is 0 Å². The van der Waals surface area contributed by atoms with Crippen molar-refractivity contribution in [2.45, 2.75) is 25.9 Å². The Hall–Kier alpha value is -1.83. The normalized spacial score (nSPS) is 15.6. The summed E-state index contributed by atoms with van der Waals surface area (Å²) in [5, 5.41) is 8.54. The fourth-order valence-electron chi connectivity index (χ4n) is 2.11. The summed E-state index contributed by atoms with van der Waals surface area (Å²) in [5.41, 5.74) is 0. The van der Waals surface area contributed by atoms with Gasteiger partial charge < -0.3 is 24.4 Å². The van der Waals surface area contributed by atoms with Crippen LogP contribution in [0.2, 0.25) is 0 Å². The number of urea groups is 1. The minimum absolute atomic E-state index is 0.0812. The zero-order valence-electron chi connectivity index (χ0n) is 12.4. The molecule has 1 aliphatic heterocycles. The third kappa shape index (κ3) is 5.99. The number of carboxylic acid groups (broad SMARTS) is 1. The smallest absolute Gasteiger partial charge is 0.329 e. The molecule has 1 saturated heterocycles. The van der Waals surface area contributed by atoms with E-state index in [-0.39, 0.29) is 31.9 Å². The van der Waals surface area contributed by atoms with Gasteiger partial charge in [0.25, 0.3) is 0 Å². The summed E-state index contributed by atoms with van der Waals surface area (Å²) < 4.78 is 10.00. The predicted molar refractivity (Wildman–Crippen MR) is 72.8 cm³/mol. The number of hydrogen-bond donors (Lipinski definition) is 1. The van der Waals surface area contributed by atoms with Crippen molar-refractivity contribution in [2.24, 2.45) is 0 Å². The van der Waals surface area contributed by atoms with E-state index in [0.29, 0.717) is 25.9 Å². The van der Waals surface area contributed by atoms with Crippen molar-refractivity contribution in [3.05, 3.63) is 0 Å². The molecule has 0 saturated carbocycles. The Morgan fingerprint density at radius 3 is 2.43 bits per heavy atom. The topological polar surface area (TPSA) is 96.4 Å². The maximum absolute atomic E-state index is 12.1. The summed E-state index contributed by atoms with van der Waals surface area (Å²) in [7, 11) is 1.55. The molecule has 8 nitrogen and oxygen atoms in total. The molecule has 1 aliphatic rings. The molecule has 0 aromatic carbocycles. The first-order chi connectivity index (χ1) is 9.93. The number of carbonyl (C=O) groups is 3. The van der Waals surface area contributed by atoms with E-state index in [9.17, 15) is 14.4 Å². The molecular formula is C13H22N2O6. The number of likely N-dealkylation sites (tertiary alicyclic amines) is 1. The van der Waals surface area contributed by atoms with Crippen molar-refractivity contribution in [1.29, 1.82) is 0 Å². The zero-order valence-corrected chi connectivity index (χ0v) is 12.4. The predicted octanol–water partition coefficient (Wildman–Crippen LogP) is 0.167. The number of piperidine rings is 1. The number of amides is 2. The van der Waals surface area contributed by atoms with Crippen LogP contribution in [-0.2, 0) is 19.1 Å². The van der Waals surface area contributed by atoms with Gasteiger partial charge in [-0.2, -0.15) is 0 Å². The number of esters is 1. The van der Waals surface area contributed by atoms with Crippen molar-refractivity contribution in [3.63, 3.8) is 0 Å². The van der Waals surface area contributed by atoms with Gasteiger partial charge in [0.2, 0.25) is 0 Å². The number of carboxylic acids is 1. The number of hydrogen-bond acceptors (Lipinski definition) is 5. The molecule has 21 heavy (non-hydrogen) atoms. The molecule has 8 heteroatoms. The first-order valence-corrected chi connectivity index (χ1v) is 6.93. The molecule has 1 rings (SSSR count). The van der Waals surface area contributed by atoms with Gasteiger partial charge in [0.05, 0.1) is 12.7 Å². The van der Waals surface area contributed by atoms with E-state index < -0.39 is 11.9 Å². The Morgan fingerprint density at radius 2 is 1.90 bits per heavy atom. The summed E-state index contributed by atoms with van der Waals surface area (Å²) >= 11 is 0. The maximum Gasteiger partial charge on any atom is 0.329 e. The standard InChI is InChI=1S/C13H22N2O6/c1-3-20-12(18)8-14(2)13(19)15-6-4-10(5-7-15)21-9-11(16)17/h10H,3-9H2,1-2H3,(H,16,17). The van der Waals surface area contributed by atoms with Crippen LogP contribution in [0.1, 0.15) is 19.8 Å². The lowest BCUT2D eigenvalue weighted by Crippen LogP contribution is -2.48. The summed E-state index contributed by atoms with van der Waals surface area (Å²) in [6, 6.07) is -0.236. The second-order valence-electron chi connectivity index (χ2n) is 4.83. The zero-order chi connectivity index (χ0) is 15.8. The largest absolute Gasteiger partial charge is 0.480 e. The fraction of sp³-hybridized carbons (Fsp3) is 0.769. The molecule has 0 aromatic heterocycles. The quantitative estimate of drug-likeness (QED) is 0.702. The van der Waals surface area contributed by atoms with Gasteiger partial charge in [-0.3, -0.25) is 4.79 Å². The molecule has 0 bridgehead atoms. The number of ether oxygens (including phenoxy) is 2. The van der Waals surface area contributed by atoms with Crippen LogP contribution in [0.5, 0.6) is 0 Å². The number of carbonyl (C=O) groups excluding carboxylic acids is 2. The van der Waals surface area contributed by atoms with Gasteiger partial charge in [-0.05, 0) is 19.8 Å². The summed E-state index contributed by atoms with van der Waals surface area (Å²) in [4.78, 5) is 36.8. The Balaban J connectivity index is 2.34. The Morgan fingerprint density at radius 1 is 1.29 bits per heavy atom. The number of aliphatic carboxylic acids is 1. The van der Waals surface area contributed by atoms with Crippen molar-refractivity contribution < 1.29 is 29.0 Å². The number of rotatable bonds is 6. The Labute approximate surface area is 123 Å².